The highest BCUT2D eigenvalue weighted by Gasteiger charge is 2.24. The van der Waals surface area contributed by atoms with Crippen LogP contribution in [-0.2, 0) is 4.79 Å². The molecule has 10 nitrogen and oxygen atoms in total. The zero-order valence-corrected chi connectivity index (χ0v) is 22.2. The van der Waals surface area contributed by atoms with Gasteiger partial charge in [-0.3, -0.25) is 14.9 Å². The number of nitrogens with zero attached hydrogens (tertiary/aromatic N) is 6. The average Bonchev–Trinajstić information content (AvgIpc) is 3.73. The minimum Gasteiger partial charge on any atom is -0.367 e. The number of hydrogen-bond acceptors (Lipinski definition) is 7. The van der Waals surface area contributed by atoms with Crippen LogP contribution in [0.15, 0.2) is 42.9 Å². The van der Waals surface area contributed by atoms with Crippen molar-refractivity contribution < 1.29 is 9.18 Å². The Morgan fingerprint density at radius 3 is 2.73 bits per heavy atom. The van der Waals surface area contributed by atoms with Crippen LogP contribution in [0.3, 0.4) is 0 Å². The van der Waals surface area contributed by atoms with Crippen LogP contribution < -0.4 is 10.2 Å². The SMILES string of the molecule is CN1CCN(c2ccnc3nc(-c4[nH]nc5c(F)cc(-c6cncc(NC(=O)C7CCCC7)c6)cc45)[nH]c23)CC1. The molecule has 0 radical (unpaired) electrons. The average molecular weight is 540 g/mol. The van der Waals surface area contributed by atoms with Crippen molar-refractivity contribution in [3.63, 3.8) is 0 Å². The van der Waals surface area contributed by atoms with Crippen LogP contribution in [-0.4, -0.2) is 74.2 Å². The number of aromatic nitrogens is 6. The van der Waals surface area contributed by atoms with Crippen molar-refractivity contribution in [3.8, 4) is 22.6 Å². The maximum absolute atomic E-state index is 15.3. The van der Waals surface area contributed by atoms with Crippen LogP contribution in [0.5, 0.6) is 0 Å². The Labute approximate surface area is 230 Å². The maximum Gasteiger partial charge on any atom is 0.227 e. The molecule has 7 rings (SSSR count). The second-order valence-electron chi connectivity index (χ2n) is 10.8. The number of hydrogen-bond donors (Lipinski definition) is 3. The van der Waals surface area contributed by atoms with Gasteiger partial charge in [-0.2, -0.15) is 5.10 Å². The van der Waals surface area contributed by atoms with Gasteiger partial charge >= 0.3 is 0 Å². The van der Waals surface area contributed by atoms with E-state index in [9.17, 15) is 4.79 Å². The van der Waals surface area contributed by atoms with E-state index >= 15 is 4.39 Å². The molecule has 1 aliphatic carbocycles. The van der Waals surface area contributed by atoms with Crippen LogP contribution in [0.25, 0.3) is 44.7 Å². The number of rotatable bonds is 5. The highest BCUT2D eigenvalue weighted by atomic mass is 19.1. The lowest BCUT2D eigenvalue weighted by atomic mass is 10.0. The van der Waals surface area contributed by atoms with Gasteiger partial charge in [-0.15, -0.1) is 0 Å². The summed E-state index contributed by atoms with van der Waals surface area (Å²) < 4.78 is 15.3. The molecule has 0 atom stereocenters. The van der Waals surface area contributed by atoms with E-state index in [1.54, 1.807) is 18.6 Å². The molecule has 5 aromatic rings. The molecule has 204 valence electrons. The number of H-pyrrole nitrogens is 2. The maximum atomic E-state index is 15.3. The summed E-state index contributed by atoms with van der Waals surface area (Å²) in [5.41, 5.74) is 5.22. The van der Waals surface area contributed by atoms with Crippen molar-refractivity contribution in [2.45, 2.75) is 25.7 Å². The minimum atomic E-state index is -0.456. The number of fused-ring (bicyclic) bond motifs is 2. The van der Waals surface area contributed by atoms with E-state index < -0.39 is 5.82 Å². The van der Waals surface area contributed by atoms with Crippen molar-refractivity contribution in [1.82, 2.24) is 35.0 Å². The molecule has 4 aromatic heterocycles. The van der Waals surface area contributed by atoms with Crippen LogP contribution in [0.2, 0.25) is 0 Å². The van der Waals surface area contributed by atoms with Crippen molar-refractivity contribution >= 4 is 39.3 Å². The largest absolute Gasteiger partial charge is 0.367 e. The topological polar surface area (TPSA) is 119 Å². The van der Waals surface area contributed by atoms with E-state index in [1.165, 1.54) is 6.07 Å². The lowest BCUT2D eigenvalue weighted by Crippen LogP contribution is -2.44. The van der Waals surface area contributed by atoms with E-state index in [-0.39, 0.29) is 17.3 Å². The van der Waals surface area contributed by atoms with Crippen molar-refractivity contribution in [2.75, 3.05) is 43.4 Å². The Morgan fingerprint density at radius 2 is 1.90 bits per heavy atom. The molecule has 1 amide bonds. The van der Waals surface area contributed by atoms with E-state index in [4.69, 9.17) is 4.98 Å². The highest BCUT2D eigenvalue weighted by molar-refractivity contribution is 5.98. The standard InChI is InChI=1S/C29H30FN9O/c1-38-8-10-39(11-9-38)23-6-7-32-27-26(23)34-28(35-27)25-21-13-18(14-22(30)24(21)36-37-25)19-12-20(16-31-15-19)33-29(40)17-4-2-3-5-17/h6-7,12-17H,2-5,8-11H2,1H3,(H,33,40)(H,36,37)(H,32,34,35). The minimum absolute atomic E-state index is 0.0182. The summed E-state index contributed by atoms with van der Waals surface area (Å²) >= 11 is 0. The number of amides is 1. The van der Waals surface area contributed by atoms with Crippen molar-refractivity contribution in [1.29, 1.82) is 0 Å². The molecule has 0 bridgehead atoms. The van der Waals surface area contributed by atoms with Crippen LogP contribution in [0.4, 0.5) is 15.8 Å². The third-order valence-corrected chi connectivity index (χ3v) is 8.13. The van der Waals surface area contributed by atoms with Gasteiger partial charge < -0.3 is 20.1 Å². The molecule has 3 N–H and O–H groups in total. The quantitative estimate of drug-likeness (QED) is 0.299. The fourth-order valence-corrected chi connectivity index (χ4v) is 5.85. The highest BCUT2D eigenvalue weighted by Crippen LogP contribution is 2.34. The number of pyridine rings is 2. The van der Waals surface area contributed by atoms with Gasteiger partial charge in [-0.25, -0.2) is 14.4 Å². The summed E-state index contributed by atoms with van der Waals surface area (Å²) in [7, 11) is 2.13. The summed E-state index contributed by atoms with van der Waals surface area (Å²) in [5.74, 6) is 0.146. The Morgan fingerprint density at radius 1 is 1.07 bits per heavy atom. The Bertz CT molecular complexity index is 1710. The molecule has 1 saturated carbocycles. The van der Waals surface area contributed by atoms with Gasteiger partial charge in [-0.1, -0.05) is 12.8 Å². The van der Waals surface area contributed by atoms with Gasteiger partial charge in [0.2, 0.25) is 5.91 Å². The van der Waals surface area contributed by atoms with Gasteiger partial charge in [0, 0.05) is 55.4 Å². The first-order chi connectivity index (χ1) is 19.5. The number of carbonyl (C=O) groups is 1. The molecular formula is C29H30FN9O. The number of anilines is 2. The van der Waals surface area contributed by atoms with E-state index in [0.717, 1.165) is 63.1 Å². The first-order valence-corrected chi connectivity index (χ1v) is 13.8. The third kappa shape index (κ3) is 4.45. The van der Waals surface area contributed by atoms with E-state index in [0.29, 0.717) is 39.4 Å². The van der Waals surface area contributed by atoms with Crippen molar-refractivity contribution in [3.05, 3.63) is 48.7 Å². The Balaban J connectivity index is 1.24. The lowest BCUT2D eigenvalue weighted by Gasteiger charge is -2.34. The third-order valence-electron chi connectivity index (χ3n) is 8.13. The molecule has 1 saturated heterocycles. The summed E-state index contributed by atoms with van der Waals surface area (Å²) in [6, 6.07) is 7.15. The van der Waals surface area contributed by atoms with Gasteiger partial charge in [0.25, 0.3) is 0 Å². The Kier molecular flexibility index (Phi) is 6.15. The number of piperazine rings is 1. The summed E-state index contributed by atoms with van der Waals surface area (Å²) in [5, 5.41) is 10.8. The summed E-state index contributed by atoms with van der Waals surface area (Å²) in [6.07, 6.45) is 9.06. The monoisotopic (exact) mass is 539 g/mol. The molecule has 1 aromatic carbocycles. The number of likely N-dealkylation sites (N-methyl/N-ethyl adjacent to an activating group) is 1. The van der Waals surface area contributed by atoms with Crippen molar-refractivity contribution in [2.24, 2.45) is 5.92 Å². The first-order valence-electron chi connectivity index (χ1n) is 13.8. The zero-order valence-electron chi connectivity index (χ0n) is 22.2. The van der Waals surface area contributed by atoms with Crippen LogP contribution >= 0.6 is 0 Å². The van der Waals surface area contributed by atoms with Crippen LogP contribution in [0, 0.1) is 11.7 Å². The molecular weight excluding hydrogens is 509 g/mol. The molecule has 5 heterocycles. The van der Waals surface area contributed by atoms with Gasteiger partial charge in [0.15, 0.2) is 17.3 Å². The smallest absolute Gasteiger partial charge is 0.227 e. The predicted octanol–water partition coefficient (Wildman–Crippen LogP) is 4.58. The lowest BCUT2D eigenvalue weighted by molar-refractivity contribution is -0.119. The number of benzene rings is 1. The molecule has 1 aliphatic heterocycles. The number of aromatic amines is 2. The number of halogens is 1. The molecule has 0 spiro atoms. The summed E-state index contributed by atoms with van der Waals surface area (Å²) in [6.45, 7) is 3.80. The van der Waals surface area contributed by atoms with Gasteiger partial charge in [-0.05, 0) is 49.7 Å². The zero-order chi connectivity index (χ0) is 27.2. The second kappa shape index (κ2) is 9.98. The predicted molar refractivity (Wildman–Crippen MR) is 152 cm³/mol. The molecule has 2 fully saturated rings. The molecule has 0 unspecified atom stereocenters. The fraction of sp³-hybridized carbons (Fsp3) is 0.345. The fourth-order valence-electron chi connectivity index (χ4n) is 5.85. The Hall–Kier alpha value is -4.38. The van der Waals surface area contributed by atoms with E-state index in [1.807, 2.05) is 18.2 Å². The molecule has 11 heteroatoms. The normalized spacial score (nSPS) is 16.8. The number of nitrogens with one attached hydrogen (secondary N) is 3. The molecule has 40 heavy (non-hydrogen) atoms. The number of imidazole rings is 1. The van der Waals surface area contributed by atoms with E-state index in [2.05, 4.69) is 47.3 Å². The van der Waals surface area contributed by atoms with Crippen LogP contribution in [0.1, 0.15) is 25.7 Å². The second-order valence-corrected chi connectivity index (χ2v) is 10.8. The van der Waals surface area contributed by atoms with Gasteiger partial charge in [0.05, 0.1) is 17.6 Å². The first kappa shape index (κ1) is 24.6. The van der Waals surface area contributed by atoms with Gasteiger partial charge in [0.1, 0.15) is 16.7 Å². The summed E-state index contributed by atoms with van der Waals surface area (Å²) in [4.78, 5) is 34.2. The number of carbonyl (C=O) groups excluding carboxylic acids is 1. The molecule has 2 aliphatic rings.